The standard InChI is InChI=1S/C26H23N/c1-25-18-9-8-15-21(25)24-22(16-10-17-23(24)27)26(25,19-11-4-2-5-12-19)20-13-6-3-7-14-20/h2-18,21H,27H2,1H3. The molecule has 0 aromatic heterocycles. The van der Waals surface area contributed by atoms with Crippen molar-refractivity contribution in [2.45, 2.75) is 18.3 Å². The lowest BCUT2D eigenvalue weighted by atomic mass is 9.54. The Kier molecular flexibility index (Phi) is 3.42. The topological polar surface area (TPSA) is 26.0 Å². The van der Waals surface area contributed by atoms with Crippen LogP contribution in [0.15, 0.2) is 103 Å². The maximum Gasteiger partial charge on any atom is 0.0551 e. The summed E-state index contributed by atoms with van der Waals surface area (Å²) < 4.78 is 0. The van der Waals surface area contributed by atoms with Crippen LogP contribution in [-0.4, -0.2) is 0 Å². The van der Waals surface area contributed by atoms with Gasteiger partial charge >= 0.3 is 0 Å². The quantitative estimate of drug-likeness (QED) is 0.579. The van der Waals surface area contributed by atoms with Crippen LogP contribution in [0.5, 0.6) is 0 Å². The highest BCUT2D eigenvalue weighted by Gasteiger charge is 2.60. The van der Waals surface area contributed by atoms with Crippen LogP contribution in [0.3, 0.4) is 0 Å². The van der Waals surface area contributed by atoms with Crippen molar-refractivity contribution in [3.05, 3.63) is 125 Å². The fourth-order valence-corrected chi connectivity index (χ4v) is 5.51. The van der Waals surface area contributed by atoms with Crippen molar-refractivity contribution in [2.75, 3.05) is 5.73 Å². The SMILES string of the molecule is CC12C=CC=CC1c1c(N)cccc1C2(c1ccccc1)c1ccccc1. The van der Waals surface area contributed by atoms with E-state index in [1.165, 1.54) is 22.3 Å². The van der Waals surface area contributed by atoms with Gasteiger partial charge in [-0.3, -0.25) is 0 Å². The molecule has 0 heterocycles. The lowest BCUT2D eigenvalue weighted by Crippen LogP contribution is -2.43. The minimum atomic E-state index is -0.286. The van der Waals surface area contributed by atoms with Crippen LogP contribution < -0.4 is 5.73 Å². The number of hydrogen-bond donors (Lipinski definition) is 1. The summed E-state index contributed by atoms with van der Waals surface area (Å²) >= 11 is 0. The van der Waals surface area contributed by atoms with Gasteiger partial charge in [0, 0.05) is 17.0 Å². The van der Waals surface area contributed by atoms with Gasteiger partial charge in [0.1, 0.15) is 0 Å². The zero-order valence-corrected chi connectivity index (χ0v) is 15.5. The molecule has 0 saturated heterocycles. The molecule has 0 bridgehead atoms. The summed E-state index contributed by atoms with van der Waals surface area (Å²) in [4.78, 5) is 0. The fraction of sp³-hybridized carbons (Fsp3) is 0.154. The van der Waals surface area contributed by atoms with E-state index in [0.717, 1.165) is 5.69 Å². The average molecular weight is 349 g/mol. The number of anilines is 1. The summed E-state index contributed by atoms with van der Waals surface area (Å²) in [6.45, 7) is 2.39. The molecule has 2 aliphatic carbocycles. The molecule has 132 valence electrons. The zero-order valence-electron chi connectivity index (χ0n) is 15.5. The summed E-state index contributed by atoms with van der Waals surface area (Å²) in [5, 5.41) is 0. The van der Waals surface area contributed by atoms with E-state index in [2.05, 4.69) is 104 Å². The van der Waals surface area contributed by atoms with Crippen molar-refractivity contribution >= 4 is 5.69 Å². The number of nitrogens with two attached hydrogens (primary N) is 1. The van der Waals surface area contributed by atoms with E-state index < -0.39 is 0 Å². The normalized spacial score (nSPS) is 24.4. The third kappa shape index (κ3) is 1.94. The number of fused-ring (bicyclic) bond motifs is 3. The minimum absolute atomic E-state index is 0.137. The molecular formula is C26H23N. The Morgan fingerprint density at radius 1 is 0.741 bits per heavy atom. The van der Waals surface area contributed by atoms with Gasteiger partial charge in [0.2, 0.25) is 0 Å². The van der Waals surface area contributed by atoms with Crippen LogP contribution in [0.25, 0.3) is 0 Å². The second-order valence-electron chi connectivity index (χ2n) is 7.79. The molecule has 3 aromatic carbocycles. The van der Waals surface area contributed by atoms with Crippen LogP contribution in [0.2, 0.25) is 0 Å². The second-order valence-corrected chi connectivity index (χ2v) is 7.79. The van der Waals surface area contributed by atoms with Gasteiger partial charge in [0.25, 0.3) is 0 Å². The molecule has 0 aliphatic heterocycles. The molecule has 0 amide bonds. The van der Waals surface area contributed by atoms with E-state index in [4.69, 9.17) is 5.73 Å². The zero-order chi connectivity index (χ0) is 18.5. The van der Waals surface area contributed by atoms with Crippen LogP contribution in [0, 0.1) is 5.41 Å². The Morgan fingerprint density at radius 2 is 1.37 bits per heavy atom. The maximum absolute atomic E-state index is 6.56. The first kappa shape index (κ1) is 16.1. The lowest BCUT2D eigenvalue weighted by Gasteiger charge is -2.47. The minimum Gasteiger partial charge on any atom is -0.398 e. The third-order valence-corrected chi connectivity index (χ3v) is 6.58. The lowest BCUT2D eigenvalue weighted by molar-refractivity contribution is 0.289. The number of hydrogen-bond acceptors (Lipinski definition) is 1. The van der Waals surface area contributed by atoms with E-state index in [-0.39, 0.29) is 16.7 Å². The largest absolute Gasteiger partial charge is 0.398 e. The molecular weight excluding hydrogens is 326 g/mol. The van der Waals surface area contributed by atoms with Gasteiger partial charge in [0.05, 0.1) is 5.41 Å². The van der Waals surface area contributed by atoms with Crippen LogP contribution in [0.4, 0.5) is 5.69 Å². The highest BCUT2D eigenvalue weighted by molar-refractivity contribution is 5.70. The predicted octanol–water partition coefficient (Wildman–Crippen LogP) is 5.83. The van der Waals surface area contributed by atoms with Gasteiger partial charge in [0.15, 0.2) is 0 Å². The summed E-state index contributed by atoms with van der Waals surface area (Å²) in [7, 11) is 0. The van der Waals surface area contributed by atoms with E-state index >= 15 is 0 Å². The van der Waals surface area contributed by atoms with Gasteiger partial charge in [-0.25, -0.2) is 0 Å². The van der Waals surface area contributed by atoms with E-state index in [0.29, 0.717) is 0 Å². The van der Waals surface area contributed by atoms with Gasteiger partial charge < -0.3 is 5.73 Å². The summed E-state index contributed by atoms with van der Waals surface area (Å²) in [5.41, 5.74) is 12.2. The van der Waals surface area contributed by atoms with Crippen LogP contribution >= 0.6 is 0 Å². The molecule has 27 heavy (non-hydrogen) atoms. The van der Waals surface area contributed by atoms with Gasteiger partial charge in [-0.1, -0.05) is 104 Å². The van der Waals surface area contributed by atoms with Crippen molar-refractivity contribution in [1.29, 1.82) is 0 Å². The number of nitrogen functional groups attached to an aromatic ring is 1. The van der Waals surface area contributed by atoms with E-state index in [9.17, 15) is 0 Å². The molecule has 0 saturated carbocycles. The number of benzene rings is 3. The van der Waals surface area contributed by atoms with Gasteiger partial charge in [-0.15, -0.1) is 0 Å². The molecule has 3 aromatic rings. The Labute approximate surface area is 160 Å². The molecule has 0 radical (unpaired) electrons. The van der Waals surface area contributed by atoms with Crippen molar-refractivity contribution in [3.63, 3.8) is 0 Å². The van der Waals surface area contributed by atoms with E-state index in [1.807, 2.05) is 6.07 Å². The van der Waals surface area contributed by atoms with Crippen molar-refractivity contribution < 1.29 is 0 Å². The summed E-state index contributed by atoms with van der Waals surface area (Å²) in [6.07, 6.45) is 9.06. The third-order valence-electron chi connectivity index (χ3n) is 6.58. The van der Waals surface area contributed by atoms with Crippen LogP contribution in [-0.2, 0) is 5.41 Å². The highest BCUT2D eigenvalue weighted by Crippen LogP contribution is 2.67. The molecule has 2 atom stereocenters. The van der Waals surface area contributed by atoms with Crippen LogP contribution in [0.1, 0.15) is 35.1 Å². The Bertz CT molecular complexity index is 1010. The van der Waals surface area contributed by atoms with Gasteiger partial charge in [-0.05, 0) is 28.3 Å². The molecule has 1 heteroatoms. The van der Waals surface area contributed by atoms with Crippen molar-refractivity contribution in [3.8, 4) is 0 Å². The Balaban J connectivity index is 1.98. The van der Waals surface area contributed by atoms with Crippen molar-refractivity contribution in [1.82, 2.24) is 0 Å². The molecule has 2 N–H and O–H groups in total. The first-order valence-electron chi connectivity index (χ1n) is 9.55. The van der Waals surface area contributed by atoms with Gasteiger partial charge in [-0.2, -0.15) is 0 Å². The maximum atomic E-state index is 6.56. The fourth-order valence-electron chi connectivity index (χ4n) is 5.51. The van der Waals surface area contributed by atoms with Crippen molar-refractivity contribution in [2.24, 2.45) is 5.41 Å². The molecule has 0 fully saturated rings. The monoisotopic (exact) mass is 349 g/mol. The number of allylic oxidation sites excluding steroid dienone is 4. The van der Waals surface area contributed by atoms with E-state index in [1.54, 1.807) is 0 Å². The number of rotatable bonds is 2. The smallest absolute Gasteiger partial charge is 0.0551 e. The molecule has 0 spiro atoms. The first-order valence-corrected chi connectivity index (χ1v) is 9.55. The highest BCUT2D eigenvalue weighted by atomic mass is 14.7. The molecule has 1 nitrogen and oxygen atoms in total. The Hall–Kier alpha value is -3.06. The molecule has 5 rings (SSSR count). The first-order chi connectivity index (χ1) is 13.2. The Morgan fingerprint density at radius 3 is 2.00 bits per heavy atom. The average Bonchev–Trinajstić information content (AvgIpc) is 2.96. The predicted molar refractivity (Wildman–Crippen MR) is 113 cm³/mol. The second kappa shape index (κ2) is 5.72. The molecule has 2 unspecified atom stereocenters. The summed E-state index contributed by atoms with van der Waals surface area (Å²) in [6, 6.07) is 28.2. The summed E-state index contributed by atoms with van der Waals surface area (Å²) in [5.74, 6) is 0.249. The molecule has 2 aliphatic rings.